The van der Waals surface area contributed by atoms with E-state index in [4.69, 9.17) is 11.6 Å². The molecule has 1 aliphatic carbocycles. The van der Waals surface area contributed by atoms with Gasteiger partial charge in [-0.3, -0.25) is 0 Å². The molecule has 0 saturated heterocycles. The predicted molar refractivity (Wildman–Crippen MR) is 66.5 cm³/mol. The molecule has 1 aromatic rings. The predicted octanol–water partition coefficient (Wildman–Crippen LogP) is 2.73. The monoisotopic (exact) mass is 257 g/mol. The third kappa shape index (κ3) is 2.97. The molecule has 0 amide bonds. The standard InChI is InChI=1S/C13H17ClFNO/c14-11-5-1-3-9(13(11)15)7-16-12-6-2-4-10(12)8-17/h1,3,5,10,12,16-17H,2,4,6-8H2. The Hall–Kier alpha value is -0.640. The SMILES string of the molecule is OCC1CCCC1NCc1cccc(Cl)c1F. The van der Waals surface area contributed by atoms with Gasteiger partial charge in [-0.1, -0.05) is 30.2 Å². The lowest BCUT2D eigenvalue weighted by atomic mass is 10.0. The fraction of sp³-hybridized carbons (Fsp3) is 0.538. The van der Waals surface area contributed by atoms with Crippen LogP contribution in [-0.2, 0) is 6.54 Å². The molecule has 17 heavy (non-hydrogen) atoms. The molecule has 0 spiro atoms. The minimum absolute atomic E-state index is 0.162. The van der Waals surface area contributed by atoms with E-state index in [1.165, 1.54) is 0 Å². The zero-order valence-electron chi connectivity index (χ0n) is 9.63. The van der Waals surface area contributed by atoms with Crippen LogP contribution in [0.5, 0.6) is 0 Å². The molecule has 4 heteroatoms. The normalized spacial score (nSPS) is 24.2. The van der Waals surface area contributed by atoms with Crippen molar-refractivity contribution >= 4 is 11.6 Å². The van der Waals surface area contributed by atoms with Gasteiger partial charge in [-0.25, -0.2) is 4.39 Å². The van der Waals surface area contributed by atoms with E-state index in [1.54, 1.807) is 18.2 Å². The summed E-state index contributed by atoms with van der Waals surface area (Å²) in [6.07, 6.45) is 3.22. The summed E-state index contributed by atoms with van der Waals surface area (Å²) in [5, 5.41) is 12.7. The summed E-state index contributed by atoms with van der Waals surface area (Å²) in [6, 6.07) is 5.32. The third-order valence-corrected chi connectivity index (χ3v) is 3.77. The molecule has 2 unspecified atom stereocenters. The average Bonchev–Trinajstić information content (AvgIpc) is 2.78. The molecule has 0 heterocycles. The third-order valence-electron chi connectivity index (χ3n) is 3.48. The molecular weight excluding hydrogens is 241 g/mol. The Labute approximate surface area is 106 Å². The van der Waals surface area contributed by atoms with Crippen LogP contribution in [0.15, 0.2) is 18.2 Å². The summed E-state index contributed by atoms with van der Waals surface area (Å²) >= 11 is 5.72. The van der Waals surface area contributed by atoms with Gasteiger partial charge in [0.2, 0.25) is 0 Å². The van der Waals surface area contributed by atoms with Crippen molar-refractivity contribution in [2.75, 3.05) is 6.61 Å². The first kappa shape index (κ1) is 12.8. The number of hydrogen-bond acceptors (Lipinski definition) is 2. The molecule has 1 aliphatic rings. The van der Waals surface area contributed by atoms with Crippen molar-refractivity contribution < 1.29 is 9.50 Å². The number of halogens is 2. The summed E-state index contributed by atoms with van der Waals surface area (Å²) in [5.74, 6) is -0.0440. The van der Waals surface area contributed by atoms with Crippen molar-refractivity contribution in [2.24, 2.45) is 5.92 Å². The minimum Gasteiger partial charge on any atom is -0.396 e. The Kier molecular flexibility index (Phi) is 4.37. The lowest BCUT2D eigenvalue weighted by Gasteiger charge is -2.19. The molecule has 2 N–H and O–H groups in total. The highest BCUT2D eigenvalue weighted by molar-refractivity contribution is 6.30. The number of aliphatic hydroxyl groups excluding tert-OH is 1. The van der Waals surface area contributed by atoms with E-state index in [9.17, 15) is 9.50 Å². The molecule has 0 bridgehead atoms. The molecular formula is C13H17ClFNO. The maximum absolute atomic E-state index is 13.6. The van der Waals surface area contributed by atoms with Crippen molar-refractivity contribution in [1.82, 2.24) is 5.32 Å². The first-order chi connectivity index (χ1) is 8.22. The molecule has 94 valence electrons. The van der Waals surface area contributed by atoms with Crippen LogP contribution in [0.3, 0.4) is 0 Å². The van der Waals surface area contributed by atoms with Crippen LogP contribution in [0.4, 0.5) is 4.39 Å². The van der Waals surface area contributed by atoms with Crippen LogP contribution in [0.25, 0.3) is 0 Å². The fourth-order valence-corrected chi connectivity index (χ4v) is 2.64. The van der Waals surface area contributed by atoms with Crippen molar-refractivity contribution in [2.45, 2.75) is 31.8 Å². The molecule has 2 nitrogen and oxygen atoms in total. The van der Waals surface area contributed by atoms with Gasteiger partial charge in [-0.15, -0.1) is 0 Å². The van der Waals surface area contributed by atoms with Gasteiger partial charge in [0, 0.05) is 24.8 Å². The van der Waals surface area contributed by atoms with Crippen LogP contribution >= 0.6 is 11.6 Å². The topological polar surface area (TPSA) is 32.3 Å². The minimum atomic E-state index is -0.347. The van der Waals surface area contributed by atoms with Gasteiger partial charge in [0.25, 0.3) is 0 Å². The summed E-state index contributed by atoms with van der Waals surface area (Å²) in [7, 11) is 0. The molecule has 0 aromatic heterocycles. The largest absolute Gasteiger partial charge is 0.396 e. The van der Waals surface area contributed by atoms with Gasteiger partial charge in [0.15, 0.2) is 0 Å². The number of rotatable bonds is 4. The van der Waals surface area contributed by atoms with E-state index in [0.29, 0.717) is 24.1 Å². The lowest BCUT2D eigenvalue weighted by molar-refractivity contribution is 0.205. The van der Waals surface area contributed by atoms with Gasteiger partial charge in [-0.2, -0.15) is 0 Å². The van der Waals surface area contributed by atoms with Crippen LogP contribution in [0, 0.1) is 11.7 Å². The molecule has 0 radical (unpaired) electrons. The molecule has 2 atom stereocenters. The number of benzene rings is 1. The fourth-order valence-electron chi connectivity index (χ4n) is 2.45. The van der Waals surface area contributed by atoms with E-state index in [0.717, 1.165) is 19.3 Å². The Morgan fingerprint density at radius 2 is 2.24 bits per heavy atom. The van der Waals surface area contributed by atoms with Gasteiger partial charge in [-0.05, 0) is 24.8 Å². The average molecular weight is 258 g/mol. The Balaban J connectivity index is 1.95. The molecule has 1 saturated carbocycles. The molecule has 2 rings (SSSR count). The van der Waals surface area contributed by atoms with Crippen molar-refractivity contribution in [1.29, 1.82) is 0 Å². The molecule has 0 aliphatic heterocycles. The zero-order chi connectivity index (χ0) is 12.3. The highest BCUT2D eigenvalue weighted by Gasteiger charge is 2.26. The van der Waals surface area contributed by atoms with E-state index in [2.05, 4.69) is 5.32 Å². The first-order valence-electron chi connectivity index (χ1n) is 5.99. The Morgan fingerprint density at radius 3 is 3.00 bits per heavy atom. The van der Waals surface area contributed by atoms with Crippen LogP contribution in [0.2, 0.25) is 5.02 Å². The van der Waals surface area contributed by atoms with Crippen LogP contribution in [-0.4, -0.2) is 17.8 Å². The van der Waals surface area contributed by atoms with Crippen molar-refractivity contribution in [3.05, 3.63) is 34.6 Å². The zero-order valence-corrected chi connectivity index (χ0v) is 10.4. The number of aliphatic hydroxyl groups is 1. The van der Waals surface area contributed by atoms with Gasteiger partial charge in [0.1, 0.15) is 5.82 Å². The Bertz CT molecular complexity index is 386. The second-order valence-corrected chi connectivity index (χ2v) is 4.98. The lowest BCUT2D eigenvalue weighted by Crippen LogP contribution is -2.33. The smallest absolute Gasteiger partial charge is 0.146 e. The summed E-state index contributed by atoms with van der Waals surface area (Å²) in [5.41, 5.74) is 0.584. The summed E-state index contributed by atoms with van der Waals surface area (Å²) < 4.78 is 13.6. The van der Waals surface area contributed by atoms with Crippen molar-refractivity contribution in [3.8, 4) is 0 Å². The maximum atomic E-state index is 13.6. The quantitative estimate of drug-likeness (QED) is 0.869. The highest BCUT2D eigenvalue weighted by Crippen LogP contribution is 2.26. The highest BCUT2D eigenvalue weighted by atomic mass is 35.5. The van der Waals surface area contributed by atoms with E-state index < -0.39 is 0 Å². The van der Waals surface area contributed by atoms with Gasteiger partial charge >= 0.3 is 0 Å². The second-order valence-electron chi connectivity index (χ2n) is 4.57. The van der Waals surface area contributed by atoms with E-state index in [-0.39, 0.29) is 17.4 Å². The van der Waals surface area contributed by atoms with Gasteiger partial charge in [0.05, 0.1) is 5.02 Å². The van der Waals surface area contributed by atoms with Crippen LogP contribution < -0.4 is 5.32 Å². The van der Waals surface area contributed by atoms with Gasteiger partial charge < -0.3 is 10.4 Å². The Morgan fingerprint density at radius 1 is 1.41 bits per heavy atom. The first-order valence-corrected chi connectivity index (χ1v) is 6.37. The summed E-state index contributed by atoms with van der Waals surface area (Å²) in [6.45, 7) is 0.670. The molecule has 1 fully saturated rings. The second kappa shape index (κ2) is 5.80. The summed E-state index contributed by atoms with van der Waals surface area (Å²) in [4.78, 5) is 0. The maximum Gasteiger partial charge on any atom is 0.146 e. The number of hydrogen-bond donors (Lipinski definition) is 2. The van der Waals surface area contributed by atoms with Crippen molar-refractivity contribution in [3.63, 3.8) is 0 Å². The van der Waals surface area contributed by atoms with Crippen LogP contribution in [0.1, 0.15) is 24.8 Å². The van der Waals surface area contributed by atoms with E-state index in [1.807, 2.05) is 0 Å². The number of nitrogens with one attached hydrogen (secondary N) is 1. The van der Waals surface area contributed by atoms with E-state index >= 15 is 0 Å². The molecule has 1 aromatic carbocycles.